The number of nitriles is 2. The number of benzene rings is 1. The predicted octanol–water partition coefficient (Wildman–Crippen LogP) is 2.31. The lowest BCUT2D eigenvalue weighted by atomic mass is 10.0. The van der Waals surface area contributed by atoms with Gasteiger partial charge in [0.15, 0.2) is 0 Å². The minimum atomic E-state index is -0.926. The maximum absolute atomic E-state index is 13.7. The number of hydrogen-bond donors (Lipinski definition) is 1. The maximum Gasteiger partial charge on any atom is 0.408 e. The summed E-state index contributed by atoms with van der Waals surface area (Å²) in [6, 6.07) is 9.72. The van der Waals surface area contributed by atoms with Gasteiger partial charge in [-0.2, -0.15) is 10.5 Å². The summed E-state index contributed by atoms with van der Waals surface area (Å²) in [4.78, 5) is 45.4. The summed E-state index contributed by atoms with van der Waals surface area (Å²) in [5.41, 5.74) is 0.731. The number of rotatable bonds is 6. The van der Waals surface area contributed by atoms with E-state index >= 15 is 0 Å². The zero-order valence-electron chi connectivity index (χ0n) is 22.3. The molecule has 10 heteroatoms. The Bertz CT molecular complexity index is 1230. The van der Waals surface area contributed by atoms with E-state index in [1.807, 2.05) is 34.9 Å². The van der Waals surface area contributed by atoms with Crippen LogP contribution in [0.15, 0.2) is 24.3 Å². The lowest BCUT2D eigenvalue weighted by Crippen LogP contribution is -2.59. The van der Waals surface area contributed by atoms with E-state index in [9.17, 15) is 24.9 Å². The number of carbonyl (C=O) groups excluding carboxylic acids is 3. The number of nitrogens with zero attached hydrogens (tertiary/aromatic N) is 5. The lowest BCUT2D eigenvalue weighted by molar-refractivity contribution is -0.141. The fourth-order valence-electron chi connectivity index (χ4n) is 6.37. The van der Waals surface area contributed by atoms with Gasteiger partial charge >= 0.3 is 6.09 Å². The molecule has 3 aliphatic heterocycles. The highest BCUT2D eigenvalue weighted by Crippen LogP contribution is 2.48. The van der Waals surface area contributed by atoms with Gasteiger partial charge in [0.05, 0.1) is 29.8 Å². The first kappa shape index (κ1) is 26.0. The van der Waals surface area contributed by atoms with Crippen molar-refractivity contribution in [3.63, 3.8) is 0 Å². The first-order chi connectivity index (χ1) is 18.0. The molecule has 1 aromatic rings. The van der Waals surface area contributed by atoms with Crippen LogP contribution in [0.5, 0.6) is 0 Å². The average Bonchev–Trinajstić information content (AvgIpc) is 3.19. The van der Waals surface area contributed by atoms with Gasteiger partial charge in [-0.15, -0.1) is 0 Å². The molecular weight excluding hydrogens is 484 g/mol. The van der Waals surface area contributed by atoms with Crippen LogP contribution in [-0.2, 0) is 14.3 Å². The van der Waals surface area contributed by atoms with Crippen molar-refractivity contribution in [2.45, 2.75) is 88.8 Å². The number of alkyl carbamates (subject to hydrolysis) is 1. The smallest absolute Gasteiger partial charge is 0.408 e. The molecule has 0 spiro atoms. The highest BCUT2D eigenvalue weighted by Gasteiger charge is 2.56. The number of nitrogens with one attached hydrogen (secondary N) is 1. The van der Waals surface area contributed by atoms with E-state index in [4.69, 9.17) is 4.74 Å². The fraction of sp³-hybridized carbons (Fsp3) is 0.607. The van der Waals surface area contributed by atoms with Crippen LogP contribution in [0, 0.1) is 28.6 Å². The van der Waals surface area contributed by atoms with E-state index in [1.54, 1.807) is 31.7 Å². The molecule has 1 saturated carbocycles. The number of fused-ring (bicyclic) bond motifs is 3. The molecule has 200 valence electrons. The van der Waals surface area contributed by atoms with Gasteiger partial charge in [-0.3, -0.25) is 14.5 Å². The third kappa shape index (κ3) is 4.81. The molecule has 5 rings (SSSR count). The molecule has 1 N–H and O–H groups in total. The van der Waals surface area contributed by atoms with Crippen LogP contribution in [0.1, 0.15) is 64.1 Å². The van der Waals surface area contributed by atoms with Crippen molar-refractivity contribution in [3.8, 4) is 12.1 Å². The lowest BCUT2D eigenvalue weighted by Gasteiger charge is -2.39. The number of carbonyl (C=O) groups is 3. The molecule has 1 aromatic carbocycles. The monoisotopic (exact) mass is 518 g/mol. The highest BCUT2D eigenvalue weighted by molar-refractivity contribution is 5.89. The second kappa shape index (κ2) is 9.59. The van der Waals surface area contributed by atoms with Gasteiger partial charge in [-0.05, 0) is 70.6 Å². The summed E-state index contributed by atoms with van der Waals surface area (Å²) < 4.78 is 5.43. The Morgan fingerprint density at radius 3 is 2.63 bits per heavy atom. The molecule has 3 unspecified atom stereocenters. The molecule has 38 heavy (non-hydrogen) atoms. The highest BCUT2D eigenvalue weighted by atomic mass is 16.6. The Kier molecular flexibility index (Phi) is 6.56. The minimum absolute atomic E-state index is 0.0158. The summed E-state index contributed by atoms with van der Waals surface area (Å²) >= 11 is 0. The largest absolute Gasteiger partial charge is 0.444 e. The van der Waals surface area contributed by atoms with Crippen LogP contribution >= 0.6 is 0 Å². The van der Waals surface area contributed by atoms with Crippen LogP contribution in [-0.4, -0.2) is 81.5 Å². The van der Waals surface area contributed by atoms with Crippen molar-refractivity contribution >= 4 is 17.9 Å². The van der Waals surface area contributed by atoms with Gasteiger partial charge in [0.1, 0.15) is 17.7 Å². The average molecular weight is 519 g/mol. The van der Waals surface area contributed by atoms with Crippen molar-refractivity contribution in [1.82, 2.24) is 20.0 Å². The van der Waals surface area contributed by atoms with Crippen LogP contribution in [0.25, 0.3) is 0 Å². The minimum Gasteiger partial charge on any atom is -0.444 e. The molecular formula is C28H34N6O4. The Hall–Kier alpha value is -3.63. The summed E-state index contributed by atoms with van der Waals surface area (Å²) in [5, 5.41) is 21.6. The van der Waals surface area contributed by atoms with Crippen molar-refractivity contribution in [2.75, 3.05) is 13.1 Å². The molecule has 3 amide bonds. The van der Waals surface area contributed by atoms with Gasteiger partial charge < -0.3 is 19.9 Å². The van der Waals surface area contributed by atoms with Crippen LogP contribution in [0.3, 0.4) is 0 Å². The van der Waals surface area contributed by atoms with Gasteiger partial charge in [0.2, 0.25) is 11.8 Å². The molecule has 0 radical (unpaired) electrons. The third-order valence-corrected chi connectivity index (χ3v) is 8.14. The number of piperidine rings is 1. The van der Waals surface area contributed by atoms with Crippen LogP contribution in [0.4, 0.5) is 4.79 Å². The van der Waals surface area contributed by atoms with Crippen molar-refractivity contribution in [1.29, 1.82) is 10.5 Å². The van der Waals surface area contributed by atoms with E-state index in [2.05, 4.69) is 17.5 Å². The summed E-state index contributed by atoms with van der Waals surface area (Å²) in [6.07, 6.45) is 1.50. The first-order valence-corrected chi connectivity index (χ1v) is 13.3. The van der Waals surface area contributed by atoms with E-state index in [0.717, 1.165) is 12.0 Å². The molecule has 10 nitrogen and oxygen atoms in total. The normalized spacial score (nSPS) is 29.3. The molecule has 1 aliphatic carbocycles. The number of amides is 3. The summed E-state index contributed by atoms with van der Waals surface area (Å²) in [5.74, 6) is 0.0452. The number of piperazine rings is 1. The Morgan fingerprint density at radius 2 is 1.97 bits per heavy atom. The van der Waals surface area contributed by atoms with E-state index in [1.165, 1.54) is 0 Å². The standard InChI is InChI=1S/C28H34N6O4/c1-16(18-7-5-6-17(8-18)12-29)33-21-11-24(26(33)36)32(14-21)15-22(31-27(37)38-28(2,3)4)25(35)34-20(13-30)9-19-10-23(19)34/h5-8,16,19-24H,9-11,14-15H2,1-4H3,(H,31,37)/t16-,19+,20?,21-,22?,23-,24?/m0/s1. The Balaban J connectivity index is 1.31. The van der Waals surface area contributed by atoms with E-state index < -0.39 is 29.8 Å². The predicted molar refractivity (Wildman–Crippen MR) is 136 cm³/mol. The van der Waals surface area contributed by atoms with Crippen molar-refractivity contribution in [3.05, 3.63) is 35.4 Å². The number of hydrogen-bond acceptors (Lipinski definition) is 7. The first-order valence-electron chi connectivity index (χ1n) is 13.3. The van der Waals surface area contributed by atoms with Crippen LogP contribution < -0.4 is 5.32 Å². The summed E-state index contributed by atoms with van der Waals surface area (Å²) in [6.45, 7) is 7.98. The SMILES string of the molecule is C[C@@H](c1cccc(C#N)c1)N1C(=O)C2C[C@H]1CN2CC(NC(=O)OC(C)(C)C)C(=O)N1C(C#N)C[C@@H]2C[C@@H]21. The number of likely N-dealkylation sites (tertiary alicyclic amines) is 3. The topological polar surface area (TPSA) is 130 Å². The molecule has 4 fully saturated rings. The fourth-order valence-corrected chi connectivity index (χ4v) is 6.37. The molecule has 2 bridgehead atoms. The zero-order chi connectivity index (χ0) is 27.4. The Labute approximate surface area is 223 Å². The maximum atomic E-state index is 13.7. The second-order valence-electron chi connectivity index (χ2n) is 11.9. The molecule has 7 atom stereocenters. The van der Waals surface area contributed by atoms with Gasteiger partial charge in [-0.25, -0.2) is 4.79 Å². The van der Waals surface area contributed by atoms with E-state index in [-0.39, 0.29) is 36.5 Å². The second-order valence-corrected chi connectivity index (χ2v) is 11.9. The third-order valence-electron chi connectivity index (χ3n) is 8.14. The quantitative estimate of drug-likeness (QED) is 0.612. The molecule has 3 heterocycles. The van der Waals surface area contributed by atoms with E-state index in [0.29, 0.717) is 30.9 Å². The Morgan fingerprint density at radius 1 is 1.21 bits per heavy atom. The molecule has 0 aromatic heterocycles. The van der Waals surface area contributed by atoms with Crippen LogP contribution in [0.2, 0.25) is 0 Å². The molecule has 4 aliphatic rings. The van der Waals surface area contributed by atoms with Crippen molar-refractivity contribution < 1.29 is 19.1 Å². The summed E-state index contributed by atoms with van der Waals surface area (Å²) in [7, 11) is 0. The zero-order valence-corrected chi connectivity index (χ0v) is 22.3. The molecule has 3 saturated heterocycles. The van der Waals surface area contributed by atoms with Gasteiger partial charge in [-0.1, -0.05) is 12.1 Å². The van der Waals surface area contributed by atoms with Gasteiger partial charge in [0.25, 0.3) is 0 Å². The van der Waals surface area contributed by atoms with Gasteiger partial charge in [0, 0.05) is 25.2 Å². The number of ether oxygens (including phenoxy) is 1. The van der Waals surface area contributed by atoms with Crippen molar-refractivity contribution in [2.24, 2.45) is 5.92 Å².